The minimum absolute atomic E-state index is 0.0897. The lowest BCUT2D eigenvalue weighted by molar-refractivity contribution is 0.188. The summed E-state index contributed by atoms with van der Waals surface area (Å²) in [5, 5.41) is 1.13. The molecular formula is C18H16Cl2N2O. The number of hydrogen-bond acceptors (Lipinski definition) is 2. The molecule has 3 aromatic rings. The molecule has 0 N–H and O–H groups in total. The Balaban J connectivity index is 1.79. The van der Waals surface area contributed by atoms with Crippen LogP contribution in [0, 0.1) is 0 Å². The van der Waals surface area contributed by atoms with E-state index in [1.807, 2.05) is 29.0 Å². The fourth-order valence-electron chi connectivity index (χ4n) is 2.41. The number of aryl methyl sites for hydroxylation is 1. The largest absolute Gasteiger partial charge is 0.486 e. The summed E-state index contributed by atoms with van der Waals surface area (Å²) in [5.41, 5.74) is 1.11. The van der Waals surface area contributed by atoms with Gasteiger partial charge in [-0.3, -0.25) is 0 Å². The highest BCUT2D eigenvalue weighted by Gasteiger charge is 2.14. The first-order chi connectivity index (χ1) is 11.2. The van der Waals surface area contributed by atoms with Crippen molar-refractivity contribution < 1.29 is 4.74 Å². The number of aromatic nitrogens is 2. The Bertz CT molecular complexity index is 725. The zero-order valence-electron chi connectivity index (χ0n) is 12.4. The zero-order chi connectivity index (χ0) is 16.1. The van der Waals surface area contributed by atoms with Gasteiger partial charge in [0, 0.05) is 35.4 Å². The van der Waals surface area contributed by atoms with Gasteiger partial charge in [0.05, 0.1) is 6.33 Å². The number of benzene rings is 2. The van der Waals surface area contributed by atoms with E-state index in [4.69, 9.17) is 27.9 Å². The van der Waals surface area contributed by atoms with Gasteiger partial charge in [0.15, 0.2) is 0 Å². The summed E-state index contributed by atoms with van der Waals surface area (Å²) in [4.78, 5) is 4.07. The van der Waals surface area contributed by atoms with Crippen LogP contribution in [0.4, 0.5) is 0 Å². The summed E-state index contributed by atoms with van der Waals surface area (Å²) in [6.45, 7) is 0.813. The van der Waals surface area contributed by atoms with Gasteiger partial charge in [0.1, 0.15) is 11.9 Å². The Labute approximate surface area is 145 Å². The summed E-state index contributed by atoms with van der Waals surface area (Å²) < 4.78 is 8.19. The highest BCUT2D eigenvalue weighted by molar-refractivity contribution is 6.34. The second-order valence-corrected chi connectivity index (χ2v) is 6.08. The van der Waals surface area contributed by atoms with E-state index in [2.05, 4.69) is 17.1 Å². The molecular weight excluding hydrogens is 331 g/mol. The van der Waals surface area contributed by atoms with E-state index in [0.29, 0.717) is 15.8 Å². The van der Waals surface area contributed by atoms with Crippen LogP contribution in [0.3, 0.4) is 0 Å². The van der Waals surface area contributed by atoms with Crippen molar-refractivity contribution in [2.75, 3.05) is 0 Å². The van der Waals surface area contributed by atoms with Crippen molar-refractivity contribution in [3.8, 4) is 5.75 Å². The van der Waals surface area contributed by atoms with Gasteiger partial charge in [-0.1, -0.05) is 53.5 Å². The standard InChI is InChI=1S/C18H16Cl2N2O/c19-15-10-16(20)12-17(11-15)23-18(14-4-2-1-3-5-14)6-8-22-9-7-21-13-22/h1-5,7,9-13,18H,6,8H2. The van der Waals surface area contributed by atoms with Crippen molar-refractivity contribution >= 4 is 23.2 Å². The Morgan fingerprint density at radius 1 is 1.04 bits per heavy atom. The van der Waals surface area contributed by atoms with E-state index in [9.17, 15) is 0 Å². The highest BCUT2D eigenvalue weighted by Crippen LogP contribution is 2.30. The van der Waals surface area contributed by atoms with E-state index < -0.39 is 0 Å². The van der Waals surface area contributed by atoms with E-state index in [1.54, 1.807) is 30.7 Å². The lowest BCUT2D eigenvalue weighted by Crippen LogP contribution is -2.11. The smallest absolute Gasteiger partial charge is 0.125 e. The van der Waals surface area contributed by atoms with E-state index in [0.717, 1.165) is 18.5 Å². The van der Waals surface area contributed by atoms with Crippen LogP contribution in [0.25, 0.3) is 0 Å². The van der Waals surface area contributed by atoms with Crippen molar-refractivity contribution in [2.24, 2.45) is 0 Å². The maximum atomic E-state index is 6.16. The molecule has 0 aliphatic carbocycles. The number of ether oxygens (including phenoxy) is 1. The Morgan fingerprint density at radius 3 is 2.43 bits per heavy atom. The third-order valence-corrected chi connectivity index (χ3v) is 3.93. The summed E-state index contributed by atoms with van der Waals surface area (Å²) in [6.07, 6.45) is 6.24. The summed E-state index contributed by atoms with van der Waals surface area (Å²) >= 11 is 12.1. The monoisotopic (exact) mass is 346 g/mol. The summed E-state index contributed by atoms with van der Waals surface area (Å²) in [6, 6.07) is 15.4. The molecule has 1 unspecified atom stereocenters. The van der Waals surface area contributed by atoms with E-state index >= 15 is 0 Å². The number of imidazole rings is 1. The molecule has 2 aromatic carbocycles. The summed E-state index contributed by atoms with van der Waals surface area (Å²) in [5.74, 6) is 0.669. The number of rotatable bonds is 6. The van der Waals surface area contributed by atoms with Crippen LogP contribution in [-0.2, 0) is 6.54 Å². The van der Waals surface area contributed by atoms with Crippen LogP contribution in [0.5, 0.6) is 5.75 Å². The molecule has 5 heteroatoms. The third kappa shape index (κ3) is 4.50. The molecule has 0 radical (unpaired) electrons. The van der Waals surface area contributed by atoms with Crippen LogP contribution >= 0.6 is 23.2 Å². The molecule has 3 nitrogen and oxygen atoms in total. The predicted molar refractivity (Wildman–Crippen MR) is 93.1 cm³/mol. The topological polar surface area (TPSA) is 27.1 Å². The molecule has 0 fully saturated rings. The van der Waals surface area contributed by atoms with Crippen molar-refractivity contribution in [2.45, 2.75) is 19.1 Å². The molecule has 0 aliphatic rings. The molecule has 118 valence electrons. The molecule has 3 rings (SSSR count). The van der Waals surface area contributed by atoms with Crippen LogP contribution in [-0.4, -0.2) is 9.55 Å². The highest BCUT2D eigenvalue weighted by atomic mass is 35.5. The van der Waals surface area contributed by atoms with Crippen LogP contribution in [0.1, 0.15) is 18.1 Å². The van der Waals surface area contributed by atoms with Crippen LogP contribution < -0.4 is 4.74 Å². The fraction of sp³-hybridized carbons (Fsp3) is 0.167. The van der Waals surface area contributed by atoms with Gasteiger partial charge in [-0.15, -0.1) is 0 Å². The molecule has 0 amide bonds. The molecule has 1 atom stereocenters. The van der Waals surface area contributed by atoms with Gasteiger partial charge in [-0.05, 0) is 23.8 Å². The van der Waals surface area contributed by atoms with Gasteiger partial charge in [-0.2, -0.15) is 0 Å². The number of halogens is 2. The first kappa shape index (κ1) is 15.9. The number of hydrogen-bond donors (Lipinski definition) is 0. The van der Waals surface area contributed by atoms with Crippen molar-refractivity contribution in [1.29, 1.82) is 0 Å². The minimum atomic E-state index is -0.0897. The molecule has 0 aliphatic heterocycles. The van der Waals surface area contributed by atoms with Gasteiger partial charge < -0.3 is 9.30 Å². The molecule has 0 bridgehead atoms. The first-order valence-corrected chi connectivity index (χ1v) is 8.10. The second-order valence-electron chi connectivity index (χ2n) is 5.21. The third-order valence-electron chi connectivity index (χ3n) is 3.49. The quantitative estimate of drug-likeness (QED) is 0.597. The van der Waals surface area contributed by atoms with E-state index in [-0.39, 0.29) is 6.10 Å². The second kappa shape index (κ2) is 7.53. The molecule has 0 saturated carbocycles. The van der Waals surface area contributed by atoms with Crippen LogP contribution in [0.15, 0.2) is 67.3 Å². The average molecular weight is 347 g/mol. The van der Waals surface area contributed by atoms with Crippen molar-refractivity contribution in [1.82, 2.24) is 9.55 Å². The maximum absolute atomic E-state index is 6.16. The predicted octanol–water partition coefficient (Wildman–Crippen LogP) is 5.40. The molecule has 0 saturated heterocycles. The Hall–Kier alpha value is -1.97. The Kier molecular flexibility index (Phi) is 5.21. The van der Waals surface area contributed by atoms with Gasteiger partial charge in [-0.25, -0.2) is 4.98 Å². The van der Waals surface area contributed by atoms with Crippen LogP contribution in [0.2, 0.25) is 10.0 Å². The zero-order valence-corrected chi connectivity index (χ0v) is 13.9. The van der Waals surface area contributed by atoms with Crippen molar-refractivity contribution in [3.63, 3.8) is 0 Å². The average Bonchev–Trinajstić information content (AvgIpc) is 3.05. The molecule has 1 heterocycles. The molecule has 23 heavy (non-hydrogen) atoms. The minimum Gasteiger partial charge on any atom is -0.486 e. The van der Waals surface area contributed by atoms with Gasteiger partial charge in [0.25, 0.3) is 0 Å². The van der Waals surface area contributed by atoms with Gasteiger partial charge in [0.2, 0.25) is 0 Å². The summed E-state index contributed by atoms with van der Waals surface area (Å²) in [7, 11) is 0. The lowest BCUT2D eigenvalue weighted by Gasteiger charge is -2.20. The molecule has 1 aromatic heterocycles. The molecule has 0 spiro atoms. The van der Waals surface area contributed by atoms with E-state index in [1.165, 1.54) is 0 Å². The van der Waals surface area contributed by atoms with Gasteiger partial charge >= 0.3 is 0 Å². The normalized spacial score (nSPS) is 12.1. The number of nitrogens with zero attached hydrogens (tertiary/aromatic N) is 2. The maximum Gasteiger partial charge on any atom is 0.125 e. The lowest BCUT2D eigenvalue weighted by atomic mass is 10.1. The van der Waals surface area contributed by atoms with Crippen molar-refractivity contribution in [3.05, 3.63) is 82.9 Å². The first-order valence-electron chi connectivity index (χ1n) is 7.34. The SMILES string of the molecule is Clc1cc(Cl)cc(OC(CCn2ccnc2)c2ccccc2)c1. The Morgan fingerprint density at radius 2 is 1.78 bits per heavy atom. The fourth-order valence-corrected chi connectivity index (χ4v) is 2.91.